The third-order valence-electron chi connectivity index (χ3n) is 5.41. The number of nitrogens with one attached hydrogen (secondary N) is 1. The zero-order chi connectivity index (χ0) is 17.4. The van der Waals surface area contributed by atoms with Crippen molar-refractivity contribution in [3.63, 3.8) is 0 Å². The number of fused-ring (bicyclic) bond motifs is 1. The van der Waals surface area contributed by atoms with Crippen LogP contribution in [0.25, 0.3) is 11.0 Å². The average Bonchev–Trinajstić information content (AvgIpc) is 3.25. The van der Waals surface area contributed by atoms with E-state index < -0.39 is 0 Å². The maximum absolute atomic E-state index is 12.6. The molecule has 3 heterocycles. The van der Waals surface area contributed by atoms with Gasteiger partial charge in [0.1, 0.15) is 6.10 Å². The summed E-state index contributed by atoms with van der Waals surface area (Å²) in [7, 11) is 0. The number of benzene rings is 1. The summed E-state index contributed by atoms with van der Waals surface area (Å²) in [4.78, 5) is 29.7. The number of nitrogens with zero attached hydrogens (tertiary/aromatic N) is 2. The Morgan fingerprint density at radius 3 is 2.68 bits per heavy atom. The molecule has 0 aliphatic carbocycles. The molecule has 2 aliphatic heterocycles. The maximum atomic E-state index is 12.6. The van der Waals surface area contributed by atoms with Crippen LogP contribution in [0.2, 0.25) is 0 Å². The Balaban J connectivity index is 1.44. The standard InChI is InChI=1S/C18H24N4O3/c19-11-13-5-6-16(25-13)17(23)21-9-7-12(8-10-21)22-15-4-2-1-3-14(15)20-18(22)24/h1-4,12-13,16H,5-11,19H2,(H,20,24)/t13-,16+/m1/s1. The largest absolute Gasteiger partial charge is 0.364 e. The molecule has 0 radical (unpaired) electrons. The molecule has 2 fully saturated rings. The second-order valence-corrected chi connectivity index (χ2v) is 6.93. The van der Waals surface area contributed by atoms with E-state index in [1.165, 1.54) is 0 Å². The molecule has 0 spiro atoms. The van der Waals surface area contributed by atoms with Gasteiger partial charge in [-0.05, 0) is 37.8 Å². The number of para-hydroxylation sites is 2. The summed E-state index contributed by atoms with van der Waals surface area (Å²) in [6, 6.07) is 7.85. The Morgan fingerprint density at radius 2 is 1.96 bits per heavy atom. The molecule has 25 heavy (non-hydrogen) atoms. The van der Waals surface area contributed by atoms with Gasteiger partial charge >= 0.3 is 5.69 Å². The van der Waals surface area contributed by atoms with Crippen molar-refractivity contribution in [1.82, 2.24) is 14.5 Å². The highest BCUT2D eigenvalue weighted by atomic mass is 16.5. The van der Waals surface area contributed by atoms with E-state index in [-0.39, 0.29) is 29.8 Å². The van der Waals surface area contributed by atoms with Crippen molar-refractivity contribution in [3.8, 4) is 0 Å². The van der Waals surface area contributed by atoms with E-state index in [2.05, 4.69) is 4.98 Å². The molecule has 0 bridgehead atoms. The number of aromatic nitrogens is 2. The molecular weight excluding hydrogens is 320 g/mol. The molecule has 2 aliphatic rings. The van der Waals surface area contributed by atoms with E-state index in [0.29, 0.717) is 19.6 Å². The molecule has 3 N–H and O–H groups in total. The number of imidazole rings is 1. The van der Waals surface area contributed by atoms with Crippen LogP contribution in [0.1, 0.15) is 31.7 Å². The third kappa shape index (κ3) is 2.98. The van der Waals surface area contributed by atoms with Crippen LogP contribution in [-0.2, 0) is 9.53 Å². The highest BCUT2D eigenvalue weighted by Crippen LogP contribution is 2.27. The number of likely N-dealkylation sites (tertiary alicyclic amines) is 1. The van der Waals surface area contributed by atoms with Crippen LogP contribution >= 0.6 is 0 Å². The Hall–Kier alpha value is -2.12. The lowest BCUT2D eigenvalue weighted by molar-refractivity contribution is -0.144. The van der Waals surface area contributed by atoms with Crippen LogP contribution in [0.3, 0.4) is 0 Å². The van der Waals surface area contributed by atoms with Crippen LogP contribution < -0.4 is 11.4 Å². The molecule has 0 unspecified atom stereocenters. The third-order valence-corrected chi connectivity index (χ3v) is 5.41. The monoisotopic (exact) mass is 344 g/mol. The number of hydrogen-bond donors (Lipinski definition) is 2. The van der Waals surface area contributed by atoms with Crippen molar-refractivity contribution in [1.29, 1.82) is 0 Å². The SMILES string of the molecule is NC[C@H]1CC[C@@H](C(=O)N2CCC(n3c(=O)[nH]c4ccccc43)CC2)O1. The molecule has 1 amide bonds. The van der Waals surface area contributed by atoms with Gasteiger partial charge in [0, 0.05) is 25.7 Å². The summed E-state index contributed by atoms with van der Waals surface area (Å²) in [5, 5.41) is 0. The van der Waals surface area contributed by atoms with Crippen molar-refractivity contribution in [2.24, 2.45) is 5.73 Å². The zero-order valence-electron chi connectivity index (χ0n) is 14.2. The molecule has 2 saturated heterocycles. The Kier molecular flexibility index (Phi) is 4.35. The van der Waals surface area contributed by atoms with Gasteiger partial charge in [0.05, 0.1) is 17.1 Å². The van der Waals surface area contributed by atoms with E-state index in [0.717, 1.165) is 36.7 Å². The Labute approximate surface area is 145 Å². The lowest BCUT2D eigenvalue weighted by Gasteiger charge is -2.33. The number of carbonyl (C=O) groups is 1. The second kappa shape index (κ2) is 6.65. The second-order valence-electron chi connectivity index (χ2n) is 6.93. The molecule has 2 aromatic rings. The molecule has 7 nitrogen and oxygen atoms in total. The van der Waals surface area contributed by atoms with E-state index >= 15 is 0 Å². The van der Waals surface area contributed by atoms with Gasteiger partial charge in [-0.1, -0.05) is 12.1 Å². The van der Waals surface area contributed by atoms with Crippen molar-refractivity contribution in [2.45, 2.75) is 43.9 Å². The van der Waals surface area contributed by atoms with Crippen LogP contribution in [0.15, 0.2) is 29.1 Å². The summed E-state index contributed by atoms with van der Waals surface area (Å²) < 4.78 is 7.57. The number of rotatable bonds is 3. The molecule has 134 valence electrons. The smallest absolute Gasteiger partial charge is 0.326 e. The molecule has 0 saturated carbocycles. The first kappa shape index (κ1) is 16.4. The molecule has 2 atom stereocenters. The minimum absolute atomic E-state index is 0.0105. The van der Waals surface area contributed by atoms with Crippen molar-refractivity contribution < 1.29 is 9.53 Å². The molecule has 4 rings (SSSR count). The first-order chi connectivity index (χ1) is 12.2. The van der Waals surface area contributed by atoms with Crippen LogP contribution in [0, 0.1) is 0 Å². The van der Waals surface area contributed by atoms with Crippen molar-refractivity contribution in [3.05, 3.63) is 34.7 Å². The molecule has 1 aromatic carbocycles. The van der Waals surface area contributed by atoms with Crippen molar-refractivity contribution >= 4 is 16.9 Å². The highest BCUT2D eigenvalue weighted by molar-refractivity contribution is 5.81. The summed E-state index contributed by atoms with van der Waals surface area (Å²) in [6.07, 6.45) is 2.83. The summed E-state index contributed by atoms with van der Waals surface area (Å²) in [5.41, 5.74) is 7.34. The number of carbonyl (C=O) groups excluding carboxylic acids is 1. The predicted molar refractivity (Wildman–Crippen MR) is 94.4 cm³/mol. The maximum Gasteiger partial charge on any atom is 0.326 e. The van der Waals surface area contributed by atoms with Crippen LogP contribution in [0.4, 0.5) is 0 Å². The minimum Gasteiger partial charge on any atom is -0.364 e. The quantitative estimate of drug-likeness (QED) is 0.869. The summed E-state index contributed by atoms with van der Waals surface area (Å²) in [6.45, 7) is 1.78. The number of ether oxygens (including phenoxy) is 1. The lowest BCUT2D eigenvalue weighted by atomic mass is 10.0. The van der Waals surface area contributed by atoms with Gasteiger partial charge in [-0.3, -0.25) is 9.36 Å². The minimum atomic E-state index is -0.346. The molecule has 7 heteroatoms. The Morgan fingerprint density at radius 1 is 1.20 bits per heavy atom. The fourth-order valence-corrected chi connectivity index (χ4v) is 4.05. The summed E-state index contributed by atoms with van der Waals surface area (Å²) >= 11 is 0. The predicted octanol–water partition coefficient (Wildman–Crippen LogP) is 0.999. The fourth-order valence-electron chi connectivity index (χ4n) is 4.05. The van der Waals surface area contributed by atoms with Crippen molar-refractivity contribution in [2.75, 3.05) is 19.6 Å². The number of H-pyrrole nitrogens is 1. The van der Waals surface area contributed by atoms with E-state index in [1.807, 2.05) is 33.7 Å². The zero-order valence-corrected chi connectivity index (χ0v) is 14.2. The van der Waals surface area contributed by atoms with Gasteiger partial charge in [-0.25, -0.2) is 4.79 Å². The number of amides is 1. The average molecular weight is 344 g/mol. The van der Waals surface area contributed by atoms with E-state index in [1.54, 1.807) is 0 Å². The fraction of sp³-hybridized carbons (Fsp3) is 0.556. The highest BCUT2D eigenvalue weighted by Gasteiger charge is 2.35. The number of piperidine rings is 1. The van der Waals surface area contributed by atoms with Gasteiger partial charge < -0.3 is 20.4 Å². The van der Waals surface area contributed by atoms with Crippen LogP contribution in [0.5, 0.6) is 0 Å². The normalized spacial score (nSPS) is 24.9. The number of nitrogens with two attached hydrogens (primary N) is 1. The van der Waals surface area contributed by atoms with Gasteiger partial charge in [0.15, 0.2) is 0 Å². The number of hydrogen-bond acceptors (Lipinski definition) is 4. The van der Waals surface area contributed by atoms with Gasteiger partial charge in [0.2, 0.25) is 0 Å². The van der Waals surface area contributed by atoms with Gasteiger partial charge in [-0.15, -0.1) is 0 Å². The first-order valence-electron chi connectivity index (χ1n) is 9.01. The topological polar surface area (TPSA) is 93.4 Å². The number of aromatic amines is 1. The molecule has 1 aromatic heterocycles. The summed E-state index contributed by atoms with van der Waals surface area (Å²) in [5.74, 6) is 0.0701. The van der Waals surface area contributed by atoms with Gasteiger partial charge in [0.25, 0.3) is 5.91 Å². The first-order valence-corrected chi connectivity index (χ1v) is 9.01. The van der Waals surface area contributed by atoms with E-state index in [4.69, 9.17) is 10.5 Å². The lowest BCUT2D eigenvalue weighted by Crippen LogP contribution is -2.45. The Bertz CT molecular complexity index is 819. The van der Waals surface area contributed by atoms with Crippen LogP contribution in [-0.4, -0.2) is 52.2 Å². The van der Waals surface area contributed by atoms with Gasteiger partial charge in [-0.2, -0.15) is 0 Å². The molecular formula is C18H24N4O3. The van der Waals surface area contributed by atoms with E-state index in [9.17, 15) is 9.59 Å².